The molecule has 0 aromatic carbocycles. The Morgan fingerprint density at radius 3 is 2.09 bits per heavy atom. The first-order chi connectivity index (χ1) is 5.08. The molecule has 0 aromatic rings. The van der Waals surface area contributed by atoms with Crippen LogP contribution in [0.25, 0.3) is 0 Å². The van der Waals surface area contributed by atoms with Gasteiger partial charge in [-0.2, -0.15) is 0 Å². The van der Waals surface area contributed by atoms with Gasteiger partial charge in [0.15, 0.2) is 0 Å². The Kier molecular flexibility index (Phi) is 0.795. The third-order valence-corrected chi connectivity index (χ3v) is 3.40. The maximum atomic E-state index is 6.16. The van der Waals surface area contributed by atoms with Crippen molar-refractivity contribution < 1.29 is 9.47 Å². The largest absolute Gasteiger partial charge is 0.375 e. The topological polar surface area (TPSA) is 44.5 Å². The van der Waals surface area contributed by atoms with E-state index >= 15 is 0 Å². The molecule has 3 heteroatoms. The van der Waals surface area contributed by atoms with E-state index in [0.717, 1.165) is 12.8 Å². The third-order valence-electron chi connectivity index (χ3n) is 3.40. The maximum Gasteiger partial charge on any atom is 0.133 e. The van der Waals surface area contributed by atoms with Gasteiger partial charge in [0.1, 0.15) is 5.60 Å². The zero-order chi connectivity index (χ0) is 7.74. The van der Waals surface area contributed by atoms with Crippen molar-refractivity contribution in [1.29, 1.82) is 0 Å². The van der Waals surface area contributed by atoms with E-state index in [1.165, 1.54) is 0 Å². The molecule has 1 aliphatic carbocycles. The Labute approximate surface area is 65.8 Å². The molecule has 4 aliphatic rings. The molecule has 2 N–H and O–H groups in total. The molecule has 3 aliphatic heterocycles. The van der Waals surface area contributed by atoms with Crippen LogP contribution in [-0.2, 0) is 9.47 Å². The molecule has 11 heavy (non-hydrogen) atoms. The van der Waals surface area contributed by atoms with Crippen LogP contribution in [0.1, 0.15) is 19.8 Å². The fourth-order valence-corrected chi connectivity index (χ4v) is 2.88. The summed E-state index contributed by atoms with van der Waals surface area (Å²) in [5, 5.41) is 0. The van der Waals surface area contributed by atoms with E-state index in [-0.39, 0.29) is 16.7 Å². The summed E-state index contributed by atoms with van der Waals surface area (Å²) in [6.45, 7) is 3.56. The van der Waals surface area contributed by atoms with Gasteiger partial charge in [0.25, 0.3) is 0 Å². The lowest BCUT2D eigenvalue weighted by Crippen LogP contribution is -2.68. The van der Waals surface area contributed by atoms with Crippen LogP contribution in [-0.4, -0.2) is 30.0 Å². The Hall–Kier alpha value is -0.120. The second kappa shape index (κ2) is 1.37. The standard InChI is InChI=1S/C8H13NO2/c1-6-2-7(9,3-6)8(11-6)4-10-5-8/h2-5,9H2,1H3. The second-order valence-electron chi connectivity index (χ2n) is 4.55. The van der Waals surface area contributed by atoms with Crippen LogP contribution in [0.15, 0.2) is 0 Å². The van der Waals surface area contributed by atoms with Crippen molar-refractivity contribution in [2.45, 2.75) is 36.5 Å². The fraction of sp³-hybridized carbons (Fsp3) is 1.00. The highest BCUT2D eigenvalue weighted by Crippen LogP contribution is 2.61. The fourth-order valence-electron chi connectivity index (χ4n) is 2.88. The molecule has 1 saturated carbocycles. The molecule has 3 nitrogen and oxygen atoms in total. The molecule has 4 fully saturated rings. The van der Waals surface area contributed by atoms with Crippen molar-refractivity contribution >= 4 is 0 Å². The predicted octanol–water partition coefficient (Wildman–Crippen LogP) is 0.0356. The SMILES string of the molecule is CC12CC(N)(C1)C1(COC1)O2. The van der Waals surface area contributed by atoms with E-state index in [2.05, 4.69) is 6.92 Å². The molecule has 0 aromatic heterocycles. The molecule has 0 radical (unpaired) electrons. The van der Waals surface area contributed by atoms with Gasteiger partial charge in [-0.3, -0.25) is 0 Å². The quantitative estimate of drug-likeness (QED) is 0.537. The lowest BCUT2D eigenvalue weighted by atomic mass is 9.62. The van der Waals surface area contributed by atoms with E-state index in [1.807, 2.05) is 0 Å². The Balaban J connectivity index is 1.99. The summed E-state index contributed by atoms with van der Waals surface area (Å²) in [6, 6.07) is 0. The van der Waals surface area contributed by atoms with Gasteiger partial charge in [0.2, 0.25) is 0 Å². The molecule has 3 heterocycles. The van der Waals surface area contributed by atoms with Crippen molar-refractivity contribution in [1.82, 2.24) is 0 Å². The third kappa shape index (κ3) is 0.504. The molecule has 62 valence electrons. The van der Waals surface area contributed by atoms with Gasteiger partial charge in [0, 0.05) is 0 Å². The molecule has 2 bridgehead atoms. The Morgan fingerprint density at radius 1 is 1.27 bits per heavy atom. The summed E-state index contributed by atoms with van der Waals surface area (Å²) in [6.07, 6.45) is 2.03. The minimum absolute atomic E-state index is 0.0556. The van der Waals surface area contributed by atoms with Crippen LogP contribution in [0.5, 0.6) is 0 Å². The average Bonchev–Trinajstić information content (AvgIpc) is 2.07. The van der Waals surface area contributed by atoms with Crippen molar-refractivity contribution in [3.63, 3.8) is 0 Å². The van der Waals surface area contributed by atoms with Crippen LogP contribution in [0.3, 0.4) is 0 Å². The lowest BCUT2D eigenvalue weighted by Gasteiger charge is -2.47. The zero-order valence-corrected chi connectivity index (χ0v) is 6.72. The number of ether oxygens (including phenoxy) is 2. The highest BCUT2D eigenvalue weighted by Gasteiger charge is 2.74. The first kappa shape index (κ1) is 6.40. The number of rotatable bonds is 0. The van der Waals surface area contributed by atoms with Gasteiger partial charge < -0.3 is 15.2 Å². The molecular formula is C8H13NO2. The number of hydrogen-bond acceptors (Lipinski definition) is 3. The van der Waals surface area contributed by atoms with Crippen LogP contribution in [0.4, 0.5) is 0 Å². The van der Waals surface area contributed by atoms with E-state index in [1.54, 1.807) is 0 Å². The first-order valence-electron chi connectivity index (χ1n) is 4.15. The summed E-state index contributed by atoms with van der Waals surface area (Å²) in [7, 11) is 0. The lowest BCUT2D eigenvalue weighted by molar-refractivity contribution is -0.203. The zero-order valence-electron chi connectivity index (χ0n) is 6.72. The van der Waals surface area contributed by atoms with Gasteiger partial charge in [-0.25, -0.2) is 0 Å². The maximum absolute atomic E-state index is 6.16. The van der Waals surface area contributed by atoms with E-state index in [9.17, 15) is 0 Å². The van der Waals surface area contributed by atoms with Crippen molar-refractivity contribution in [2.75, 3.05) is 13.2 Å². The van der Waals surface area contributed by atoms with Crippen LogP contribution >= 0.6 is 0 Å². The van der Waals surface area contributed by atoms with Gasteiger partial charge >= 0.3 is 0 Å². The van der Waals surface area contributed by atoms with Gasteiger partial charge in [-0.1, -0.05) is 0 Å². The van der Waals surface area contributed by atoms with E-state index < -0.39 is 0 Å². The van der Waals surface area contributed by atoms with Crippen LogP contribution < -0.4 is 5.73 Å². The Morgan fingerprint density at radius 2 is 1.91 bits per heavy atom. The molecule has 3 saturated heterocycles. The van der Waals surface area contributed by atoms with Crippen molar-refractivity contribution in [2.24, 2.45) is 5.73 Å². The highest BCUT2D eigenvalue weighted by molar-refractivity contribution is 5.27. The van der Waals surface area contributed by atoms with E-state index in [0.29, 0.717) is 13.2 Å². The van der Waals surface area contributed by atoms with Crippen molar-refractivity contribution in [3.05, 3.63) is 0 Å². The number of hydrogen-bond donors (Lipinski definition) is 1. The highest BCUT2D eigenvalue weighted by atomic mass is 16.6. The summed E-state index contributed by atoms with van der Waals surface area (Å²) in [5.74, 6) is 0. The molecule has 0 amide bonds. The monoisotopic (exact) mass is 155 g/mol. The summed E-state index contributed by atoms with van der Waals surface area (Å²) < 4.78 is 11.1. The minimum atomic E-state index is -0.0955. The predicted molar refractivity (Wildman–Crippen MR) is 39.2 cm³/mol. The van der Waals surface area contributed by atoms with Crippen LogP contribution in [0.2, 0.25) is 0 Å². The van der Waals surface area contributed by atoms with E-state index in [4.69, 9.17) is 15.2 Å². The molecule has 0 unspecified atom stereocenters. The molecule has 1 spiro atoms. The summed E-state index contributed by atoms with van der Waals surface area (Å²) in [5.41, 5.74) is 6.10. The van der Waals surface area contributed by atoms with Crippen LogP contribution in [0, 0.1) is 0 Å². The Bertz CT molecular complexity index is 216. The average molecular weight is 155 g/mol. The number of nitrogens with two attached hydrogens (primary N) is 1. The summed E-state index contributed by atoms with van der Waals surface area (Å²) in [4.78, 5) is 0. The summed E-state index contributed by atoms with van der Waals surface area (Å²) >= 11 is 0. The van der Waals surface area contributed by atoms with Gasteiger partial charge in [-0.15, -0.1) is 0 Å². The minimum Gasteiger partial charge on any atom is -0.375 e. The second-order valence-corrected chi connectivity index (χ2v) is 4.55. The van der Waals surface area contributed by atoms with Gasteiger partial charge in [0.05, 0.1) is 24.4 Å². The molecular weight excluding hydrogens is 142 g/mol. The van der Waals surface area contributed by atoms with Gasteiger partial charge in [-0.05, 0) is 19.8 Å². The smallest absolute Gasteiger partial charge is 0.133 e. The molecule has 4 rings (SSSR count). The van der Waals surface area contributed by atoms with Crippen molar-refractivity contribution in [3.8, 4) is 0 Å². The molecule has 0 atom stereocenters. The normalized spacial score (nSPS) is 57.3. The first-order valence-corrected chi connectivity index (χ1v) is 4.15.